The van der Waals surface area contributed by atoms with Crippen molar-refractivity contribution in [1.29, 1.82) is 0 Å². The molecule has 2 aromatic heterocycles. The number of hydrogen-bond acceptors (Lipinski definition) is 5. The van der Waals surface area contributed by atoms with Crippen LogP contribution >= 0.6 is 0 Å². The number of nitrogens with zero attached hydrogens (tertiary/aromatic N) is 5. The number of hydrogen-bond donors (Lipinski definition) is 1. The van der Waals surface area contributed by atoms with Crippen molar-refractivity contribution in [3.8, 4) is 5.82 Å². The molecule has 0 spiro atoms. The second-order valence-corrected chi connectivity index (χ2v) is 5.20. The lowest BCUT2D eigenvalue weighted by Gasteiger charge is -2.06. The van der Waals surface area contributed by atoms with E-state index in [1.165, 1.54) is 5.56 Å². The van der Waals surface area contributed by atoms with E-state index < -0.39 is 0 Å². The molecule has 0 amide bonds. The van der Waals surface area contributed by atoms with Gasteiger partial charge in [-0.25, -0.2) is 9.97 Å². The van der Waals surface area contributed by atoms with E-state index in [0.29, 0.717) is 11.6 Å². The molecule has 0 aliphatic heterocycles. The van der Waals surface area contributed by atoms with Crippen LogP contribution in [0.4, 0.5) is 5.95 Å². The molecule has 3 rings (SSSR count). The van der Waals surface area contributed by atoms with Gasteiger partial charge < -0.3 is 5.73 Å². The first kappa shape index (κ1) is 14.2. The van der Waals surface area contributed by atoms with Crippen LogP contribution in [0.15, 0.2) is 36.4 Å². The maximum Gasteiger partial charge on any atom is 0.240 e. The molecule has 0 bridgehead atoms. The molecule has 0 radical (unpaired) electrons. The molecule has 6 nitrogen and oxygen atoms in total. The summed E-state index contributed by atoms with van der Waals surface area (Å²) < 4.78 is 1.71. The molecule has 3 aromatic rings. The van der Waals surface area contributed by atoms with Crippen molar-refractivity contribution in [3.63, 3.8) is 0 Å². The van der Waals surface area contributed by atoms with Gasteiger partial charge in [-0.2, -0.15) is 9.67 Å². The molecular weight excluding hydrogens is 276 g/mol. The lowest BCUT2D eigenvalue weighted by Crippen LogP contribution is -2.08. The van der Waals surface area contributed by atoms with Crippen LogP contribution in [0.25, 0.3) is 5.82 Å². The quantitative estimate of drug-likeness (QED) is 0.796. The van der Waals surface area contributed by atoms with Crippen LogP contribution in [0.5, 0.6) is 0 Å². The van der Waals surface area contributed by atoms with Gasteiger partial charge in [-0.15, -0.1) is 5.10 Å². The summed E-state index contributed by atoms with van der Waals surface area (Å²) in [5.74, 6) is 2.48. The number of aromatic nitrogens is 5. The van der Waals surface area contributed by atoms with Gasteiger partial charge in [0.1, 0.15) is 11.6 Å². The zero-order valence-corrected chi connectivity index (χ0v) is 12.7. The van der Waals surface area contributed by atoms with Crippen molar-refractivity contribution in [2.75, 3.05) is 5.73 Å². The normalized spacial score (nSPS) is 10.8. The average Bonchev–Trinajstić information content (AvgIpc) is 2.86. The highest BCUT2D eigenvalue weighted by molar-refractivity contribution is 5.29. The molecule has 22 heavy (non-hydrogen) atoms. The van der Waals surface area contributed by atoms with Gasteiger partial charge in [0.25, 0.3) is 0 Å². The fourth-order valence-corrected chi connectivity index (χ4v) is 2.41. The van der Waals surface area contributed by atoms with Crippen molar-refractivity contribution in [2.24, 2.45) is 0 Å². The molecule has 112 valence electrons. The third-order valence-electron chi connectivity index (χ3n) is 3.34. The first-order chi connectivity index (χ1) is 10.6. The second-order valence-electron chi connectivity index (χ2n) is 5.20. The Hall–Kier alpha value is -2.76. The van der Waals surface area contributed by atoms with E-state index in [4.69, 9.17) is 5.73 Å². The summed E-state index contributed by atoms with van der Waals surface area (Å²) in [6, 6.07) is 12.2. The van der Waals surface area contributed by atoms with E-state index in [0.717, 1.165) is 24.4 Å². The summed E-state index contributed by atoms with van der Waals surface area (Å²) in [7, 11) is 0. The van der Waals surface area contributed by atoms with E-state index in [2.05, 4.69) is 32.2 Å². The van der Waals surface area contributed by atoms with Crippen LogP contribution in [0.2, 0.25) is 0 Å². The van der Waals surface area contributed by atoms with Crippen LogP contribution in [0.3, 0.4) is 0 Å². The fourth-order valence-electron chi connectivity index (χ4n) is 2.41. The summed E-state index contributed by atoms with van der Waals surface area (Å²) >= 11 is 0. The monoisotopic (exact) mass is 294 g/mol. The first-order valence-corrected chi connectivity index (χ1v) is 7.20. The SMILES string of the molecule is Cc1cc(-n2nc(N)nc2CCc2ccccc2)nc(C)n1. The van der Waals surface area contributed by atoms with Crippen LogP contribution in [-0.4, -0.2) is 24.7 Å². The minimum absolute atomic E-state index is 0.261. The van der Waals surface area contributed by atoms with Crippen molar-refractivity contribution < 1.29 is 0 Å². The Bertz CT molecular complexity index is 758. The number of anilines is 1. The Morgan fingerprint density at radius 2 is 1.77 bits per heavy atom. The number of aryl methyl sites for hydroxylation is 4. The number of nitrogens with two attached hydrogens (primary N) is 1. The third-order valence-corrected chi connectivity index (χ3v) is 3.34. The van der Waals surface area contributed by atoms with Gasteiger partial charge in [0, 0.05) is 18.2 Å². The van der Waals surface area contributed by atoms with Crippen LogP contribution in [0, 0.1) is 13.8 Å². The molecular formula is C16H18N6. The van der Waals surface area contributed by atoms with Gasteiger partial charge in [-0.05, 0) is 25.8 Å². The van der Waals surface area contributed by atoms with E-state index in [1.807, 2.05) is 38.1 Å². The minimum Gasteiger partial charge on any atom is -0.366 e. The van der Waals surface area contributed by atoms with Crippen LogP contribution in [-0.2, 0) is 12.8 Å². The van der Waals surface area contributed by atoms with Crippen LogP contribution in [0.1, 0.15) is 22.9 Å². The number of benzene rings is 1. The Morgan fingerprint density at radius 1 is 1.00 bits per heavy atom. The molecule has 0 atom stereocenters. The highest BCUT2D eigenvalue weighted by Gasteiger charge is 2.12. The zero-order chi connectivity index (χ0) is 15.5. The number of nitrogen functional groups attached to an aromatic ring is 1. The Labute approximate surface area is 129 Å². The summed E-state index contributed by atoms with van der Waals surface area (Å²) in [4.78, 5) is 13.0. The topological polar surface area (TPSA) is 82.5 Å². The smallest absolute Gasteiger partial charge is 0.240 e. The van der Waals surface area contributed by atoms with E-state index >= 15 is 0 Å². The Balaban J connectivity index is 1.89. The molecule has 0 saturated carbocycles. The van der Waals surface area contributed by atoms with E-state index in [9.17, 15) is 0 Å². The third kappa shape index (κ3) is 3.11. The van der Waals surface area contributed by atoms with Crippen molar-refractivity contribution in [1.82, 2.24) is 24.7 Å². The molecule has 0 fully saturated rings. The molecule has 2 N–H and O–H groups in total. The molecule has 0 aliphatic rings. The standard InChI is InChI=1S/C16H18N6/c1-11-10-15(19-12(2)18-11)22-14(20-16(17)21-22)9-8-13-6-4-3-5-7-13/h3-7,10H,8-9H2,1-2H3,(H2,17,21). The van der Waals surface area contributed by atoms with Crippen LogP contribution < -0.4 is 5.73 Å². The van der Waals surface area contributed by atoms with E-state index in [-0.39, 0.29) is 5.95 Å². The second kappa shape index (κ2) is 5.93. The van der Waals surface area contributed by atoms with E-state index in [1.54, 1.807) is 4.68 Å². The maximum atomic E-state index is 5.78. The highest BCUT2D eigenvalue weighted by Crippen LogP contribution is 2.13. The Kier molecular flexibility index (Phi) is 3.82. The van der Waals surface area contributed by atoms with Gasteiger partial charge in [0.2, 0.25) is 5.95 Å². The van der Waals surface area contributed by atoms with Crippen molar-refractivity contribution >= 4 is 5.95 Å². The molecule has 1 aromatic carbocycles. The Morgan fingerprint density at radius 3 is 2.50 bits per heavy atom. The zero-order valence-electron chi connectivity index (χ0n) is 12.7. The number of rotatable bonds is 4. The highest BCUT2D eigenvalue weighted by atomic mass is 15.4. The van der Waals surface area contributed by atoms with Crippen molar-refractivity contribution in [3.05, 3.63) is 59.3 Å². The molecule has 0 saturated heterocycles. The summed E-state index contributed by atoms with van der Waals surface area (Å²) in [6.45, 7) is 3.79. The van der Waals surface area contributed by atoms with Gasteiger partial charge in [0.15, 0.2) is 5.82 Å². The first-order valence-electron chi connectivity index (χ1n) is 7.20. The summed E-state index contributed by atoms with van der Waals surface area (Å²) in [5.41, 5.74) is 7.92. The predicted molar refractivity (Wildman–Crippen MR) is 84.7 cm³/mol. The fraction of sp³-hybridized carbons (Fsp3) is 0.250. The van der Waals surface area contributed by atoms with Gasteiger partial charge in [-0.1, -0.05) is 30.3 Å². The summed E-state index contributed by atoms with van der Waals surface area (Å²) in [6.07, 6.45) is 1.62. The van der Waals surface area contributed by atoms with Gasteiger partial charge in [0.05, 0.1) is 0 Å². The molecule has 0 aliphatic carbocycles. The molecule has 6 heteroatoms. The largest absolute Gasteiger partial charge is 0.366 e. The maximum absolute atomic E-state index is 5.78. The predicted octanol–water partition coefficient (Wildman–Crippen LogP) is 2.04. The van der Waals surface area contributed by atoms with Crippen molar-refractivity contribution in [2.45, 2.75) is 26.7 Å². The minimum atomic E-state index is 0.261. The lowest BCUT2D eigenvalue weighted by molar-refractivity contribution is 0.744. The molecule has 2 heterocycles. The molecule has 0 unspecified atom stereocenters. The van der Waals surface area contributed by atoms with Gasteiger partial charge in [-0.3, -0.25) is 0 Å². The lowest BCUT2D eigenvalue weighted by atomic mass is 10.1. The van der Waals surface area contributed by atoms with Gasteiger partial charge >= 0.3 is 0 Å². The summed E-state index contributed by atoms with van der Waals surface area (Å²) in [5, 5.41) is 4.27. The average molecular weight is 294 g/mol.